The molecule has 4 nitrogen and oxygen atoms in total. The number of aryl methyl sites for hydroxylation is 1. The third-order valence-electron chi connectivity index (χ3n) is 2.11. The van der Waals surface area contributed by atoms with Gasteiger partial charge >= 0.3 is 5.97 Å². The number of hydrogen-bond acceptors (Lipinski definition) is 3. The molecule has 0 saturated carbocycles. The third-order valence-corrected chi connectivity index (χ3v) is 2.11. The first-order valence-corrected chi connectivity index (χ1v) is 4.85. The van der Waals surface area contributed by atoms with E-state index >= 15 is 0 Å². The summed E-state index contributed by atoms with van der Waals surface area (Å²) >= 11 is 0. The maximum atomic E-state index is 11.4. The number of carbonyl (C=O) groups is 1. The molecule has 0 bridgehead atoms. The van der Waals surface area contributed by atoms with Gasteiger partial charge in [-0.2, -0.15) is 0 Å². The Balaban J connectivity index is 2.84. The summed E-state index contributed by atoms with van der Waals surface area (Å²) in [5.41, 5.74) is 0.271. The Hall–Kier alpha value is -1.58. The van der Waals surface area contributed by atoms with Crippen LogP contribution in [0.25, 0.3) is 0 Å². The molecule has 0 aliphatic heterocycles. The third kappa shape index (κ3) is 3.23. The van der Waals surface area contributed by atoms with Crippen molar-refractivity contribution in [2.24, 2.45) is 5.92 Å². The summed E-state index contributed by atoms with van der Waals surface area (Å²) in [7, 11) is 0. The highest BCUT2D eigenvalue weighted by molar-refractivity contribution is 5.84. The van der Waals surface area contributed by atoms with Gasteiger partial charge in [0.05, 0.1) is 6.26 Å². The molecule has 0 unspecified atom stereocenters. The zero-order valence-electron chi connectivity index (χ0n) is 8.82. The van der Waals surface area contributed by atoms with Gasteiger partial charge in [0.15, 0.2) is 5.43 Å². The molecule has 0 saturated heterocycles. The van der Waals surface area contributed by atoms with Crippen molar-refractivity contribution < 1.29 is 14.3 Å². The van der Waals surface area contributed by atoms with Crippen LogP contribution in [0.15, 0.2) is 21.5 Å². The lowest BCUT2D eigenvalue weighted by molar-refractivity contribution is 0.0659. The molecule has 1 aromatic rings. The molecule has 1 heterocycles. The van der Waals surface area contributed by atoms with Crippen molar-refractivity contribution in [1.29, 1.82) is 0 Å². The van der Waals surface area contributed by atoms with E-state index in [9.17, 15) is 9.59 Å². The molecular weight excluding hydrogens is 196 g/mol. The lowest BCUT2D eigenvalue weighted by Gasteiger charge is -2.03. The first kappa shape index (κ1) is 11.5. The highest BCUT2D eigenvalue weighted by Gasteiger charge is 2.09. The standard InChI is InChI=1S/C11H14O4/c1-7(2)3-4-8-6-15-10(11(13)14)5-9(8)12/h5-7H,3-4H2,1-2H3,(H,13,14). The van der Waals surface area contributed by atoms with Gasteiger partial charge in [-0.25, -0.2) is 4.79 Å². The van der Waals surface area contributed by atoms with Crippen molar-refractivity contribution in [3.8, 4) is 0 Å². The minimum Gasteiger partial charge on any atom is -0.475 e. The van der Waals surface area contributed by atoms with Gasteiger partial charge in [-0.05, 0) is 18.8 Å². The van der Waals surface area contributed by atoms with Crippen LogP contribution in [0.3, 0.4) is 0 Å². The monoisotopic (exact) mass is 210 g/mol. The van der Waals surface area contributed by atoms with E-state index in [0.717, 1.165) is 12.5 Å². The average molecular weight is 210 g/mol. The Morgan fingerprint density at radius 1 is 1.53 bits per heavy atom. The zero-order chi connectivity index (χ0) is 11.4. The maximum absolute atomic E-state index is 11.4. The van der Waals surface area contributed by atoms with Gasteiger partial charge in [0, 0.05) is 11.6 Å². The van der Waals surface area contributed by atoms with Crippen molar-refractivity contribution in [3.05, 3.63) is 33.9 Å². The van der Waals surface area contributed by atoms with Crippen LogP contribution in [0, 0.1) is 5.92 Å². The van der Waals surface area contributed by atoms with E-state index in [-0.39, 0.29) is 11.2 Å². The topological polar surface area (TPSA) is 67.5 Å². The first-order valence-electron chi connectivity index (χ1n) is 4.85. The van der Waals surface area contributed by atoms with Crippen LogP contribution < -0.4 is 5.43 Å². The van der Waals surface area contributed by atoms with E-state index in [0.29, 0.717) is 17.9 Å². The van der Waals surface area contributed by atoms with Crippen molar-refractivity contribution >= 4 is 5.97 Å². The summed E-state index contributed by atoms with van der Waals surface area (Å²) in [6.45, 7) is 4.13. The highest BCUT2D eigenvalue weighted by Crippen LogP contribution is 2.06. The Labute approximate surface area is 87.5 Å². The Kier molecular flexibility index (Phi) is 3.66. The van der Waals surface area contributed by atoms with Gasteiger partial charge in [-0.1, -0.05) is 13.8 Å². The lowest BCUT2D eigenvalue weighted by atomic mass is 10.0. The second kappa shape index (κ2) is 4.77. The zero-order valence-corrected chi connectivity index (χ0v) is 8.82. The van der Waals surface area contributed by atoms with Gasteiger partial charge in [0.2, 0.25) is 5.76 Å². The summed E-state index contributed by atoms with van der Waals surface area (Å²) in [5, 5.41) is 8.59. The van der Waals surface area contributed by atoms with E-state index in [4.69, 9.17) is 9.52 Å². The van der Waals surface area contributed by atoms with Crippen LogP contribution >= 0.6 is 0 Å². The average Bonchev–Trinajstić information content (AvgIpc) is 2.15. The largest absolute Gasteiger partial charge is 0.475 e. The number of aromatic carboxylic acids is 1. The smallest absolute Gasteiger partial charge is 0.371 e. The molecule has 82 valence electrons. The predicted molar refractivity (Wildman–Crippen MR) is 55.1 cm³/mol. The molecule has 0 aliphatic carbocycles. The molecule has 0 spiro atoms. The van der Waals surface area contributed by atoms with Crippen LogP contribution in [0.2, 0.25) is 0 Å². The summed E-state index contributed by atoms with van der Waals surface area (Å²) in [6.07, 6.45) is 2.76. The van der Waals surface area contributed by atoms with Crippen LogP contribution in [-0.2, 0) is 6.42 Å². The first-order chi connectivity index (χ1) is 7.00. The van der Waals surface area contributed by atoms with Crippen molar-refractivity contribution in [2.75, 3.05) is 0 Å². The minimum atomic E-state index is -1.22. The van der Waals surface area contributed by atoms with Crippen LogP contribution in [-0.4, -0.2) is 11.1 Å². The van der Waals surface area contributed by atoms with Crippen LogP contribution in [0.4, 0.5) is 0 Å². The molecule has 1 aromatic heterocycles. The summed E-state index contributed by atoms with van der Waals surface area (Å²) in [5.74, 6) is -1.03. The van der Waals surface area contributed by atoms with Crippen molar-refractivity contribution in [1.82, 2.24) is 0 Å². The normalized spacial score (nSPS) is 10.6. The molecule has 0 atom stereocenters. The molecular formula is C11H14O4. The van der Waals surface area contributed by atoms with Crippen molar-refractivity contribution in [3.63, 3.8) is 0 Å². The summed E-state index contributed by atoms with van der Waals surface area (Å²) in [4.78, 5) is 21.9. The quantitative estimate of drug-likeness (QED) is 0.824. The number of rotatable bonds is 4. The second-order valence-electron chi connectivity index (χ2n) is 3.87. The number of carboxylic acids is 1. The number of hydrogen-bond donors (Lipinski definition) is 1. The van der Waals surface area contributed by atoms with E-state index in [1.807, 2.05) is 0 Å². The SMILES string of the molecule is CC(C)CCc1coc(C(=O)O)cc1=O. The summed E-state index contributed by atoms with van der Waals surface area (Å²) in [6, 6.07) is 1.03. The Morgan fingerprint density at radius 3 is 2.67 bits per heavy atom. The van der Waals surface area contributed by atoms with Gasteiger partial charge in [0.25, 0.3) is 0 Å². The molecule has 0 aromatic carbocycles. The van der Waals surface area contributed by atoms with E-state index in [1.165, 1.54) is 6.26 Å². The molecule has 1 rings (SSSR count). The van der Waals surface area contributed by atoms with Gasteiger partial charge in [-0.15, -0.1) is 0 Å². The Bertz CT molecular complexity index is 403. The highest BCUT2D eigenvalue weighted by atomic mass is 16.4. The Morgan fingerprint density at radius 2 is 2.20 bits per heavy atom. The maximum Gasteiger partial charge on any atom is 0.371 e. The second-order valence-corrected chi connectivity index (χ2v) is 3.87. The molecule has 0 amide bonds. The van der Waals surface area contributed by atoms with Gasteiger partial charge < -0.3 is 9.52 Å². The molecule has 0 fully saturated rings. The predicted octanol–water partition coefficient (Wildman–Crippen LogP) is 1.93. The van der Waals surface area contributed by atoms with E-state index < -0.39 is 5.97 Å². The fourth-order valence-corrected chi connectivity index (χ4v) is 1.18. The van der Waals surface area contributed by atoms with Crippen molar-refractivity contribution in [2.45, 2.75) is 26.7 Å². The van der Waals surface area contributed by atoms with Crippen LogP contribution in [0.5, 0.6) is 0 Å². The molecule has 0 radical (unpaired) electrons. The fourth-order valence-electron chi connectivity index (χ4n) is 1.18. The number of carboxylic acid groups (broad SMARTS) is 1. The summed E-state index contributed by atoms with van der Waals surface area (Å²) < 4.78 is 4.83. The van der Waals surface area contributed by atoms with Gasteiger partial charge in [-0.3, -0.25) is 4.79 Å². The van der Waals surface area contributed by atoms with Gasteiger partial charge in [0.1, 0.15) is 0 Å². The minimum absolute atomic E-state index is 0.265. The lowest BCUT2D eigenvalue weighted by Crippen LogP contribution is -2.11. The van der Waals surface area contributed by atoms with E-state index in [1.54, 1.807) is 0 Å². The van der Waals surface area contributed by atoms with E-state index in [2.05, 4.69) is 13.8 Å². The molecule has 15 heavy (non-hydrogen) atoms. The molecule has 0 aliphatic rings. The molecule has 4 heteroatoms. The molecule has 1 N–H and O–H groups in total. The fraction of sp³-hybridized carbons (Fsp3) is 0.455. The van der Waals surface area contributed by atoms with Crippen LogP contribution in [0.1, 0.15) is 36.4 Å².